The topological polar surface area (TPSA) is 99.7 Å². The Morgan fingerprint density at radius 2 is 1.90 bits per heavy atom. The van der Waals surface area contributed by atoms with E-state index in [1.807, 2.05) is 18.2 Å². The highest BCUT2D eigenvalue weighted by Gasteiger charge is 2.15. The molecule has 3 rings (SSSR count). The highest BCUT2D eigenvalue weighted by atomic mass is 32.1. The lowest BCUT2D eigenvalue weighted by Crippen LogP contribution is -2.47. The molecule has 156 valence electrons. The Hall–Kier alpha value is -2.40. The molecule has 2 N–H and O–H groups in total. The van der Waals surface area contributed by atoms with E-state index in [9.17, 15) is 9.59 Å². The molecule has 0 bridgehead atoms. The summed E-state index contributed by atoms with van der Waals surface area (Å²) in [6.45, 7) is 5.72. The van der Waals surface area contributed by atoms with Crippen molar-refractivity contribution in [3.63, 3.8) is 0 Å². The van der Waals surface area contributed by atoms with Crippen LogP contribution in [0.3, 0.4) is 0 Å². The molecule has 0 saturated carbocycles. The number of rotatable bonds is 9. The Morgan fingerprint density at radius 1 is 1.14 bits per heavy atom. The number of amides is 2. The molecule has 0 atom stereocenters. The van der Waals surface area contributed by atoms with Crippen LogP contribution in [0.4, 0.5) is 5.69 Å². The van der Waals surface area contributed by atoms with Gasteiger partial charge in [-0.25, -0.2) is 0 Å². The smallest absolute Gasteiger partial charge is 0.286 e. The van der Waals surface area contributed by atoms with Gasteiger partial charge >= 0.3 is 0 Å². The fraction of sp³-hybridized carbons (Fsp3) is 0.474. The molecule has 0 aliphatic carbocycles. The number of hydrogen-bond acceptors (Lipinski definition) is 8. The number of nitrogens with one attached hydrogen (secondary N) is 2. The number of ether oxygens (including phenoxy) is 1. The maximum Gasteiger partial charge on any atom is 0.286 e. The summed E-state index contributed by atoms with van der Waals surface area (Å²) in [6.07, 6.45) is 0. The molecule has 1 aromatic carbocycles. The first-order chi connectivity index (χ1) is 14.1. The number of anilines is 1. The minimum atomic E-state index is -0.318. The van der Waals surface area contributed by atoms with Gasteiger partial charge in [0.15, 0.2) is 0 Å². The van der Waals surface area contributed by atoms with Crippen LogP contribution in [0.1, 0.15) is 14.8 Å². The van der Waals surface area contributed by atoms with Gasteiger partial charge in [0.25, 0.3) is 5.91 Å². The Morgan fingerprint density at radius 3 is 2.66 bits per heavy atom. The van der Waals surface area contributed by atoms with Crippen LogP contribution in [0.25, 0.3) is 0 Å². The standard InChI is InChI=1S/C19H26N6O3S/c1-24-9-11-25(12-10-24)8-7-20-16(26)13-28-14-17-22-23-19(29-17)18(27)21-15-5-3-2-4-6-15/h2-6H,7-14H2,1H3,(H,20,26)(H,21,27). The molecule has 10 heteroatoms. The van der Waals surface area contributed by atoms with Crippen molar-refractivity contribution in [2.24, 2.45) is 0 Å². The summed E-state index contributed by atoms with van der Waals surface area (Å²) < 4.78 is 5.39. The number of benzene rings is 1. The average molecular weight is 419 g/mol. The van der Waals surface area contributed by atoms with Crippen LogP contribution in [0, 0.1) is 0 Å². The van der Waals surface area contributed by atoms with Gasteiger partial charge in [-0.05, 0) is 19.2 Å². The number of carbonyl (C=O) groups is 2. The van der Waals surface area contributed by atoms with Crippen molar-refractivity contribution in [3.05, 3.63) is 40.3 Å². The Kier molecular flexibility index (Phi) is 8.05. The van der Waals surface area contributed by atoms with Crippen LogP contribution in [0.2, 0.25) is 0 Å². The maximum atomic E-state index is 12.2. The monoisotopic (exact) mass is 418 g/mol. The normalized spacial score (nSPS) is 15.2. The van der Waals surface area contributed by atoms with E-state index in [0.717, 1.165) is 44.1 Å². The van der Waals surface area contributed by atoms with Gasteiger partial charge in [0, 0.05) is 45.0 Å². The van der Waals surface area contributed by atoms with Crippen LogP contribution in [-0.4, -0.2) is 84.7 Å². The molecule has 1 fully saturated rings. The zero-order valence-electron chi connectivity index (χ0n) is 16.5. The lowest BCUT2D eigenvalue weighted by molar-refractivity contribution is -0.126. The van der Waals surface area contributed by atoms with E-state index in [-0.39, 0.29) is 30.0 Å². The summed E-state index contributed by atoms with van der Waals surface area (Å²) in [6, 6.07) is 9.14. The largest absolute Gasteiger partial charge is 0.364 e. The summed E-state index contributed by atoms with van der Waals surface area (Å²) in [5.74, 6) is -0.479. The number of hydrogen-bond donors (Lipinski definition) is 2. The molecule has 0 unspecified atom stereocenters. The summed E-state index contributed by atoms with van der Waals surface area (Å²) in [5, 5.41) is 14.3. The highest BCUT2D eigenvalue weighted by Crippen LogP contribution is 2.13. The van der Waals surface area contributed by atoms with Crippen LogP contribution < -0.4 is 10.6 Å². The van der Waals surface area contributed by atoms with Crippen molar-refractivity contribution >= 4 is 28.8 Å². The fourth-order valence-corrected chi connectivity index (χ4v) is 3.49. The van der Waals surface area contributed by atoms with E-state index in [1.54, 1.807) is 12.1 Å². The molecule has 1 aliphatic heterocycles. The van der Waals surface area contributed by atoms with Crippen LogP contribution in [0.15, 0.2) is 30.3 Å². The van der Waals surface area contributed by atoms with Gasteiger partial charge in [0.05, 0.1) is 0 Å². The second-order valence-corrected chi connectivity index (χ2v) is 7.87. The molecule has 2 aromatic rings. The third-order valence-corrected chi connectivity index (χ3v) is 5.39. The van der Waals surface area contributed by atoms with Crippen molar-refractivity contribution in [2.45, 2.75) is 6.61 Å². The molecule has 29 heavy (non-hydrogen) atoms. The molecule has 9 nitrogen and oxygen atoms in total. The van der Waals surface area contributed by atoms with E-state index < -0.39 is 0 Å². The Bertz CT molecular complexity index is 792. The molecule has 1 saturated heterocycles. The van der Waals surface area contributed by atoms with Crippen molar-refractivity contribution in [3.8, 4) is 0 Å². The van der Waals surface area contributed by atoms with Crippen molar-refractivity contribution in [1.29, 1.82) is 0 Å². The van der Waals surface area contributed by atoms with Crippen LogP contribution >= 0.6 is 11.3 Å². The van der Waals surface area contributed by atoms with Gasteiger partial charge < -0.3 is 20.3 Å². The predicted octanol–water partition coefficient (Wildman–Crippen LogP) is 0.671. The third kappa shape index (κ3) is 7.17. The first-order valence-corrected chi connectivity index (χ1v) is 10.4. The number of piperazine rings is 1. The van der Waals surface area contributed by atoms with Gasteiger partial charge in [0.1, 0.15) is 18.2 Å². The molecule has 0 radical (unpaired) electrons. The number of nitrogens with zero attached hydrogens (tertiary/aromatic N) is 4. The highest BCUT2D eigenvalue weighted by molar-refractivity contribution is 7.13. The second-order valence-electron chi connectivity index (χ2n) is 6.81. The summed E-state index contributed by atoms with van der Waals surface area (Å²) >= 11 is 1.15. The third-order valence-electron chi connectivity index (χ3n) is 4.50. The predicted molar refractivity (Wildman–Crippen MR) is 111 cm³/mol. The Balaban J connectivity index is 1.31. The van der Waals surface area contributed by atoms with Gasteiger partial charge in [0.2, 0.25) is 10.9 Å². The summed E-state index contributed by atoms with van der Waals surface area (Å²) in [5.41, 5.74) is 0.693. The molecule has 1 aromatic heterocycles. The van der Waals surface area contributed by atoms with Crippen molar-refractivity contribution in [2.75, 3.05) is 58.2 Å². The second kappa shape index (κ2) is 11.0. The van der Waals surface area contributed by atoms with Crippen molar-refractivity contribution in [1.82, 2.24) is 25.3 Å². The minimum Gasteiger partial charge on any atom is -0.364 e. The van der Waals surface area contributed by atoms with Crippen LogP contribution in [-0.2, 0) is 16.1 Å². The molecular weight excluding hydrogens is 392 g/mol. The van der Waals surface area contributed by atoms with Crippen LogP contribution in [0.5, 0.6) is 0 Å². The quantitative estimate of drug-likeness (QED) is 0.617. The SMILES string of the molecule is CN1CCN(CCNC(=O)COCc2nnc(C(=O)Nc3ccccc3)s2)CC1. The molecule has 0 spiro atoms. The molecule has 2 heterocycles. The lowest BCUT2D eigenvalue weighted by atomic mass is 10.3. The van der Waals surface area contributed by atoms with Gasteiger partial charge in [-0.15, -0.1) is 10.2 Å². The summed E-state index contributed by atoms with van der Waals surface area (Å²) in [7, 11) is 2.12. The van der Waals surface area contributed by atoms with E-state index in [4.69, 9.17) is 4.74 Å². The van der Waals surface area contributed by atoms with Crippen molar-refractivity contribution < 1.29 is 14.3 Å². The minimum absolute atomic E-state index is 0.0478. The van der Waals surface area contributed by atoms with E-state index in [1.165, 1.54) is 0 Å². The maximum absolute atomic E-state index is 12.2. The van der Waals surface area contributed by atoms with E-state index in [2.05, 4.69) is 37.7 Å². The van der Waals surface area contributed by atoms with E-state index >= 15 is 0 Å². The molecule has 1 aliphatic rings. The number of likely N-dealkylation sites (N-methyl/N-ethyl adjacent to an activating group) is 1. The number of carbonyl (C=O) groups excluding carboxylic acids is 2. The summed E-state index contributed by atoms with van der Waals surface area (Å²) in [4.78, 5) is 28.7. The first-order valence-electron chi connectivity index (χ1n) is 9.54. The number of para-hydroxylation sites is 1. The van der Waals surface area contributed by atoms with E-state index in [0.29, 0.717) is 17.2 Å². The zero-order chi connectivity index (χ0) is 20.5. The first kappa shape index (κ1) is 21.3. The number of aromatic nitrogens is 2. The zero-order valence-corrected chi connectivity index (χ0v) is 17.3. The average Bonchev–Trinajstić information content (AvgIpc) is 3.19. The molecular formula is C19H26N6O3S. The van der Waals surface area contributed by atoms with Gasteiger partial charge in [-0.2, -0.15) is 0 Å². The van der Waals surface area contributed by atoms with Gasteiger partial charge in [-0.1, -0.05) is 29.5 Å². The lowest BCUT2D eigenvalue weighted by Gasteiger charge is -2.32. The fourth-order valence-electron chi connectivity index (χ4n) is 2.82. The Labute approximate surface area is 174 Å². The van der Waals surface area contributed by atoms with Gasteiger partial charge in [-0.3, -0.25) is 14.5 Å². The molecule has 2 amide bonds.